The van der Waals surface area contributed by atoms with Crippen molar-refractivity contribution < 1.29 is 4.79 Å². The zero-order chi connectivity index (χ0) is 16.7. The van der Waals surface area contributed by atoms with Gasteiger partial charge in [0.25, 0.3) is 0 Å². The molecule has 2 aromatic rings. The summed E-state index contributed by atoms with van der Waals surface area (Å²) in [5, 5.41) is 3.98. The van der Waals surface area contributed by atoms with Crippen molar-refractivity contribution in [3.05, 3.63) is 64.2 Å². The van der Waals surface area contributed by atoms with E-state index in [4.69, 9.17) is 17.3 Å². The van der Waals surface area contributed by atoms with Crippen LogP contribution >= 0.6 is 24.0 Å². The Balaban J connectivity index is 0.00000182. The summed E-state index contributed by atoms with van der Waals surface area (Å²) >= 11 is 6.11. The number of anilines is 1. The maximum absolute atomic E-state index is 13.0. The predicted octanol–water partition coefficient (Wildman–Crippen LogP) is 4.57. The minimum Gasteiger partial charge on any atom is -0.399 e. The van der Waals surface area contributed by atoms with Gasteiger partial charge in [-0.05, 0) is 73.1 Å². The van der Waals surface area contributed by atoms with E-state index in [-0.39, 0.29) is 24.4 Å². The van der Waals surface area contributed by atoms with E-state index < -0.39 is 5.41 Å². The molecular formula is C20H22Cl2N2O. The highest BCUT2D eigenvalue weighted by atomic mass is 35.5. The topological polar surface area (TPSA) is 55.1 Å². The van der Waals surface area contributed by atoms with E-state index >= 15 is 0 Å². The molecule has 25 heavy (non-hydrogen) atoms. The smallest absolute Gasteiger partial charge is 0.231 e. The molecule has 0 aliphatic heterocycles. The van der Waals surface area contributed by atoms with E-state index in [1.54, 1.807) is 0 Å². The van der Waals surface area contributed by atoms with E-state index in [2.05, 4.69) is 11.4 Å². The average Bonchev–Trinajstić information content (AvgIpc) is 3.36. The first kappa shape index (κ1) is 18.1. The molecule has 5 heteroatoms. The first-order valence-electron chi connectivity index (χ1n) is 8.54. The number of aryl methyl sites for hydroxylation is 1. The van der Waals surface area contributed by atoms with Crippen molar-refractivity contribution >= 4 is 35.6 Å². The molecule has 3 N–H and O–H groups in total. The third-order valence-electron chi connectivity index (χ3n) is 5.35. The fraction of sp³-hybridized carbons (Fsp3) is 0.350. The number of benzene rings is 2. The van der Waals surface area contributed by atoms with E-state index in [1.165, 1.54) is 11.1 Å². The monoisotopic (exact) mass is 376 g/mol. The third kappa shape index (κ3) is 3.36. The van der Waals surface area contributed by atoms with Crippen LogP contribution in [-0.2, 0) is 16.6 Å². The summed E-state index contributed by atoms with van der Waals surface area (Å²) in [5.74, 6) is 0.124. The van der Waals surface area contributed by atoms with Gasteiger partial charge in [-0.25, -0.2) is 0 Å². The molecule has 4 rings (SSSR count). The Morgan fingerprint density at radius 3 is 2.72 bits per heavy atom. The molecule has 2 aliphatic rings. The minimum absolute atomic E-state index is 0. The number of nitrogens with two attached hydrogens (primary N) is 1. The third-order valence-corrected chi connectivity index (χ3v) is 5.58. The molecule has 3 nitrogen and oxygen atoms in total. The van der Waals surface area contributed by atoms with Gasteiger partial charge in [0.15, 0.2) is 0 Å². The van der Waals surface area contributed by atoms with E-state index in [0.29, 0.717) is 5.02 Å². The maximum atomic E-state index is 13.0. The summed E-state index contributed by atoms with van der Waals surface area (Å²) in [6.07, 6.45) is 4.87. The molecule has 0 heterocycles. The summed E-state index contributed by atoms with van der Waals surface area (Å²) in [6.45, 7) is 0. The van der Waals surface area contributed by atoms with Gasteiger partial charge in [0, 0.05) is 10.7 Å². The van der Waals surface area contributed by atoms with Crippen LogP contribution in [0.4, 0.5) is 5.69 Å². The number of rotatable bonds is 3. The molecular weight excluding hydrogens is 355 g/mol. The van der Waals surface area contributed by atoms with Gasteiger partial charge in [-0.2, -0.15) is 0 Å². The lowest BCUT2D eigenvalue weighted by molar-refractivity contribution is -0.124. The minimum atomic E-state index is -0.393. The summed E-state index contributed by atoms with van der Waals surface area (Å²) < 4.78 is 0. The highest BCUT2D eigenvalue weighted by Crippen LogP contribution is 2.49. The molecule has 1 amide bonds. The molecule has 132 valence electrons. The molecule has 1 atom stereocenters. The van der Waals surface area contributed by atoms with Crippen LogP contribution in [0.25, 0.3) is 0 Å². The molecule has 0 spiro atoms. The van der Waals surface area contributed by atoms with Gasteiger partial charge in [0.05, 0.1) is 11.5 Å². The Bertz CT molecular complexity index is 802. The van der Waals surface area contributed by atoms with Crippen LogP contribution in [0.1, 0.15) is 48.4 Å². The molecule has 0 aromatic heterocycles. The number of amides is 1. The van der Waals surface area contributed by atoms with Crippen LogP contribution in [0.3, 0.4) is 0 Å². The second kappa shape index (κ2) is 6.89. The molecule has 1 unspecified atom stereocenters. The molecule has 0 bridgehead atoms. The van der Waals surface area contributed by atoms with Gasteiger partial charge >= 0.3 is 0 Å². The van der Waals surface area contributed by atoms with Gasteiger partial charge in [0.2, 0.25) is 5.91 Å². The number of nitrogens with one attached hydrogen (secondary N) is 1. The second-order valence-corrected chi connectivity index (χ2v) is 7.41. The van der Waals surface area contributed by atoms with Gasteiger partial charge in [-0.3, -0.25) is 4.79 Å². The lowest BCUT2D eigenvalue weighted by Crippen LogP contribution is -2.38. The van der Waals surface area contributed by atoms with E-state index in [0.717, 1.165) is 43.4 Å². The number of hydrogen-bond donors (Lipinski definition) is 2. The summed E-state index contributed by atoms with van der Waals surface area (Å²) in [6, 6.07) is 13.8. The van der Waals surface area contributed by atoms with Crippen LogP contribution < -0.4 is 11.1 Å². The van der Waals surface area contributed by atoms with Crippen molar-refractivity contribution in [1.82, 2.24) is 5.32 Å². The van der Waals surface area contributed by atoms with E-state index in [9.17, 15) is 4.79 Å². The standard InChI is InChI=1S/C20H21ClN2O.ClH/c21-15-5-2-4-14(12-15)20(9-10-20)19(24)23-18-6-1-3-13-11-16(22)7-8-17(13)18;/h2,4-5,7-8,11-12,18H,1,3,6,9-10,22H2,(H,23,24);1H. The molecule has 0 radical (unpaired) electrons. The maximum Gasteiger partial charge on any atom is 0.231 e. The number of nitrogen functional groups attached to an aromatic ring is 1. The Labute approximate surface area is 159 Å². The average molecular weight is 377 g/mol. The Morgan fingerprint density at radius 2 is 2.00 bits per heavy atom. The highest BCUT2D eigenvalue weighted by Gasteiger charge is 2.51. The fourth-order valence-electron chi connectivity index (χ4n) is 3.84. The van der Waals surface area contributed by atoms with E-state index in [1.807, 2.05) is 36.4 Å². The first-order chi connectivity index (χ1) is 11.6. The SMILES string of the molecule is Cl.Nc1ccc2c(c1)CCCC2NC(=O)C1(c2cccc(Cl)c2)CC1. The van der Waals surface area contributed by atoms with Crippen molar-refractivity contribution in [3.8, 4) is 0 Å². The Hall–Kier alpha value is -1.71. The lowest BCUT2D eigenvalue weighted by Gasteiger charge is -2.28. The van der Waals surface area contributed by atoms with Crippen LogP contribution in [0.15, 0.2) is 42.5 Å². The van der Waals surface area contributed by atoms with Crippen LogP contribution in [0.2, 0.25) is 5.02 Å². The lowest BCUT2D eigenvalue weighted by atomic mass is 9.86. The number of halogens is 2. The molecule has 1 saturated carbocycles. The van der Waals surface area contributed by atoms with Gasteiger partial charge in [-0.15, -0.1) is 12.4 Å². The Morgan fingerprint density at radius 1 is 1.20 bits per heavy atom. The van der Waals surface area contributed by atoms with Crippen LogP contribution in [-0.4, -0.2) is 5.91 Å². The van der Waals surface area contributed by atoms with Gasteiger partial charge in [0.1, 0.15) is 0 Å². The molecule has 2 aromatic carbocycles. The number of hydrogen-bond acceptors (Lipinski definition) is 2. The zero-order valence-corrected chi connectivity index (χ0v) is 15.5. The van der Waals surface area contributed by atoms with Gasteiger partial charge in [-0.1, -0.05) is 29.8 Å². The summed E-state index contributed by atoms with van der Waals surface area (Å²) in [5.41, 5.74) is 9.80. The Kier molecular flexibility index (Phi) is 4.99. The predicted molar refractivity (Wildman–Crippen MR) is 104 cm³/mol. The van der Waals surface area contributed by atoms with Crippen molar-refractivity contribution in [1.29, 1.82) is 0 Å². The number of fused-ring (bicyclic) bond motifs is 1. The molecule has 0 saturated heterocycles. The highest BCUT2D eigenvalue weighted by molar-refractivity contribution is 6.30. The first-order valence-corrected chi connectivity index (χ1v) is 8.92. The van der Waals surface area contributed by atoms with Crippen LogP contribution in [0, 0.1) is 0 Å². The molecule has 1 fully saturated rings. The fourth-order valence-corrected chi connectivity index (χ4v) is 4.03. The van der Waals surface area contributed by atoms with Crippen molar-refractivity contribution in [3.63, 3.8) is 0 Å². The largest absolute Gasteiger partial charge is 0.399 e. The number of carbonyl (C=O) groups excluding carboxylic acids is 1. The molecule has 2 aliphatic carbocycles. The quantitative estimate of drug-likeness (QED) is 0.770. The summed E-state index contributed by atoms with van der Waals surface area (Å²) in [4.78, 5) is 13.0. The second-order valence-electron chi connectivity index (χ2n) is 6.97. The van der Waals surface area contributed by atoms with Crippen molar-refractivity contribution in [2.24, 2.45) is 0 Å². The van der Waals surface area contributed by atoms with Crippen LogP contribution in [0.5, 0.6) is 0 Å². The normalized spacial score (nSPS) is 20.1. The van der Waals surface area contributed by atoms with Crippen molar-refractivity contribution in [2.45, 2.75) is 43.6 Å². The van der Waals surface area contributed by atoms with Gasteiger partial charge < -0.3 is 11.1 Å². The number of carbonyl (C=O) groups is 1. The zero-order valence-electron chi connectivity index (χ0n) is 13.9. The van der Waals surface area contributed by atoms with Crippen molar-refractivity contribution in [2.75, 3.05) is 5.73 Å². The summed E-state index contributed by atoms with van der Waals surface area (Å²) in [7, 11) is 0.